The van der Waals surface area contributed by atoms with E-state index in [1.54, 1.807) is 28.4 Å². The number of allylic oxidation sites excluding steroid dienone is 2. The predicted molar refractivity (Wildman–Crippen MR) is 243 cm³/mol. The van der Waals surface area contributed by atoms with E-state index in [1.165, 1.54) is 180 Å². The van der Waals surface area contributed by atoms with Crippen LogP contribution in [-0.4, -0.2) is 66.8 Å². The first kappa shape index (κ1) is 56.2. The lowest BCUT2D eigenvalue weighted by molar-refractivity contribution is -0.208. The normalized spacial score (nSPS) is 13.3. The van der Waals surface area contributed by atoms with Crippen LogP contribution in [0.5, 0.6) is 0 Å². The third-order valence-corrected chi connectivity index (χ3v) is 11.1. The number of rotatable bonds is 48. The van der Waals surface area contributed by atoms with Gasteiger partial charge in [-0.3, -0.25) is 0 Å². The molecule has 0 aromatic heterocycles. The van der Waals surface area contributed by atoms with Crippen LogP contribution in [0.4, 0.5) is 0 Å². The molecule has 0 amide bonds. The van der Waals surface area contributed by atoms with E-state index in [2.05, 4.69) is 38.2 Å². The molecule has 57 heavy (non-hydrogen) atoms. The second kappa shape index (κ2) is 47.9. The number of unbranched alkanes of at least 4 members (excludes halogenated alkanes) is 28. The Balaban J connectivity index is 4.95. The molecule has 2 atom stereocenters. The first-order valence-corrected chi connectivity index (χ1v) is 24.5. The van der Waals surface area contributed by atoms with Gasteiger partial charge >= 0.3 is 0 Å². The Hall–Kier alpha value is -0.800. The molecule has 0 bridgehead atoms. The monoisotopic (exact) mass is 811 g/mol. The van der Waals surface area contributed by atoms with Gasteiger partial charge in [0.2, 0.25) is 0 Å². The standard InChI is InChI=1S/C50H98O7/c1-7-9-11-13-15-27-33-39-45-55-49(43-37-31-25-21-17-19-23-29-35-41-47(51-3)52-4)57-50(56-46-40-34-28-16-14-12-10-8-2)44-38-32-26-22-18-20-24-30-36-42-48(53-5)54-6/h37-38,43-44,47-50H,7-36,39-42,45-46H2,1-6H3. The summed E-state index contributed by atoms with van der Waals surface area (Å²) in [7, 11) is 6.89. The molecule has 0 radical (unpaired) electrons. The highest BCUT2D eigenvalue weighted by Gasteiger charge is 2.14. The van der Waals surface area contributed by atoms with Gasteiger partial charge in [0, 0.05) is 28.4 Å². The van der Waals surface area contributed by atoms with Gasteiger partial charge in [0.1, 0.15) is 0 Å². The molecule has 0 spiro atoms. The summed E-state index contributed by atoms with van der Waals surface area (Å²) in [6, 6.07) is 0. The Morgan fingerprint density at radius 2 is 0.614 bits per heavy atom. The molecule has 0 saturated heterocycles. The highest BCUT2D eigenvalue weighted by Crippen LogP contribution is 2.17. The van der Waals surface area contributed by atoms with E-state index in [0.29, 0.717) is 0 Å². The molecule has 0 aromatic rings. The predicted octanol–water partition coefficient (Wildman–Crippen LogP) is 15.3. The average Bonchev–Trinajstić information content (AvgIpc) is 3.23. The molecule has 0 aromatic carbocycles. The quantitative estimate of drug-likeness (QED) is 0.0344. The zero-order chi connectivity index (χ0) is 41.5. The van der Waals surface area contributed by atoms with Crippen LogP contribution in [0.2, 0.25) is 0 Å². The second-order valence-electron chi connectivity index (χ2n) is 16.3. The fraction of sp³-hybridized carbons (Fsp3) is 0.920. The minimum Gasteiger partial charge on any atom is -0.356 e. The van der Waals surface area contributed by atoms with Crippen LogP contribution in [0.15, 0.2) is 24.3 Å². The summed E-state index contributed by atoms with van der Waals surface area (Å²) < 4.78 is 40.6. The molecular weight excluding hydrogens is 713 g/mol. The molecule has 0 fully saturated rings. The minimum atomic E-state index is -0.381. The third kappa shape index (κ3) is 41.7. The van der Waals surface area contributed by atoms with E-state index >= 15 is 0 Å². The minimum absolute atomic E-state index is 0.0558. The molecular formula is C50H98O7. The van der Waals surface area contributed by atoms with Gasteiger partial charge in [-0.1, -0.05) is 180 Å². The van der Waals surface area contributed by atoms with Gasteiger partial charge in [0.25, 0.3) is 0 Å². The van der Waals surface area contributed by atoms with Crippen LogP contribution >= 0.6 is 0 Å². The van der Waals surface area contributed by atoms with Crippen molar-refractivity contribution in [3.63, 3.8) is 0 Å². The van der Waals surface area contributed by atoms with Crippen LogP contribution in [0, 0.1) is 0 Å². The van der Waals surface area contributed by atoms with Crippen molar-refractivity contribution in [3.05, 3.63) is 24.3 Å². The Bertz CT molecular complexity index is 734. The van der Waals surface area contributed by atoms with E-state index in [4.69, 9.17) is 33.2 Å². The van der Waals surface area contributed by atoms with Crippen molar-refractivity contribution in [3.8, 4) is 0 Å². The summed E-state index contributed by atoms with van der Waals surface area (Å²) in [5.74, 6) is 0. The number of hydrogen-bond acceptors (Lipinski definition) is 7. The zero-order valence-corrected chi connectivity index (χ0v) is 38.9. The Kier molecular flexibility index (Phi) is 47.2. The van der Waals surface area contributed by atoms with Crippen LogP contribution in [-0.2, 0) is 33.2 Å². The van der Waals surface area contributed by atoms with Crippen LogP contribution in [0.25, 0.3) is 0 Å². The Labute approximate surface area is 355 Å². The van der Waals surface area contributed by atoms with E-state index in [1.807, 2.05) is 0 Å². The van der Waals surface area contributed by atoms with Gasteiger partial charge in [0.15, 0.2) is 25.2 Å². The van der Waals surface area contributed by atoms with Gasteiger partial charge in [-0.25, -0.2) is 0 Å². The maximum atomic E-state index is 6.57. The summed E-state index contributed by atoms with van der Waals surface area (Å²) >= 11 is 0. The van der Waals surface area contributed by atoms with Crippen LogP contribution in [0.1, 0.15) is 232 Å². The lowest BCUT2D eigenvalue weighted by Crippen LogP contribution is -2.25. The van der Waals surface area contributed by atoms with Gasteiger partial charge in [-0.15, -0.1) is 0 Å². The van der Waals surface area contributed by atoms with E-state index in [9.17, 15) is 0 Å². The maximum Gasteiger partial charge on any atom is 0.180 e. The second-order valence-corrected chi connectivity index (χ2v) is 16.3. The van der Waals surface area contributed by atoms with E-state index < -0.39 is 0 Å². The van der Waals surface area contributed by atoms with Crippen molar-refractivity contribution in [2.45, 2.75) is 257 Å². The van der Waals surface area contributed by atoms with Gasteiger partial charge in [-0.05, 0) is 76.4 Å². The summed E-state index contributed by atoms with van der Waals surface area (Å²) in [5, 5.41) is 0. The van der Waals surface area contributed by atoms with Gasteiger partial charge < -0.3 is 33.2 Å². The summed E-state index contributed by atoms with van der Waals surface area (Å²) in [5.41, 5.74) is 0. The highest BCUT2D eigenvalue weighted by atomic mass is 16.8. The Morgan fingerprint density at radius 3 is 0.930 bits per heavy atom. The fourth-order valence-electron chi connectivity index (χ4n) is 7.28. The van der Waals surface area contributed by atoms with Crippen molar-refractivity contribution in [1.29, 1.82) is 0 Å². The van der Waals surface area contributed by atoms with Crippen LogP contribution in [0.3, 0.4) is 0 Å². The molecule has 340 valence electrons. The summed E-state index contributed by atoms with van der Waals surface area (Å²) in [6.45, 7) is 6.03. The largest absolute Gasteiger partial charge is 0.356 e. The van der Waals surface area contributed by atoms with Crippen molar-refractivity contribution in [2.24, 2.45) is 0 Å². The van der Waals surface area contributed by atoms with Crippen molar-refractivity contribution in [1.82, 2.24) is 0 Å². The first-order chi connectivity index (χ1) is 28.1. The molecule has 0 aliphatic heterocycles. The summed E-state index contributed by atoms with van der Waals surface area (Å²) in [4.78, 5) is 0. The van der Waals surface area contributed by atoms with Gasteiger partial charge in [0.05, 0.1) is 13.2 Å². The molecule has 0 aliphatic rings. The molecule has 0 rings (SSSR count). The number of methoxy groups -OCH3 is 4. The van der Waals surface area contributed by atoms with Crippen molar-refractivity contribution in [2.75, 3.05) is 41.7 Å². The first-order valence-electron chi connectivity index (χ1n) is 24.5. The molecule has 2 unspecified atom stereocenters. The molecule has 0 saturated carbocycles. The lowest BCUT2D eigenvalue weighted by atomic mass is 10.1. The zero-order valence-electron chi connectivity index (χ0n) is 38.9. The molecule has 0 aliphatic carbocycles. The van der Waals surface area contributed by atoms with Crippen molar-refractivity contribution >= 4 is 0 Å². The molecule has 7 heteroatoms. The smallest absolute Gasteiger partial charge is 0.180 e. The SMILES string of the molecule is CCCCCCCCCCOC(C=CCCCCCCCCCC(OC)OC)OC(C=CCCCCCCCCCC(OC)OC)OCCCCCCCCCC. The number of ether oxygens (including phenoxy) is 7. The topological polar surface area (TPSA) is 64.6 Å². The van der Waals surface area contributed by atoms with Crippen LogP contribution < -0.4 is 0 Å². The molecule has 0 N–H and O–H groups in total. The average molecular weight is 811 g/mol. The lowest BCUT2D eigenvalue weighted by Gasteiger charge is -2.22. The molecule has 7 nitrogen and oxygen atoms in total. The Morgan fingerprint density at radius 1 is 0.333 bits per heavy atom. The summed E-state index contributed by atoms with van der Waals surface area (Å²) in [6.07, 6.45) is 50.3. The number of hydrogen-bond donors (Lipinski definition) is 0. The maximum absolute atomic E-state index is 6.57. The third-order valence-electron chi connectivity index (χ3n) is 11.1. The van der Waals surface area contributed by atoms with E-state index in [0.717, 1.165) is 51.7 Å². The fourth-order valence-corrected chi connectivity index (χ4v) is 7.28. The highest BCUT2D eigenvalue weighted by molar-refractivity contribution is 4.90. The van der Waals surface area contributed by atoms with E-state index in [-0.39, 0.29) is 25.2 Å². The van der Waals surface area contributed by atoms with Crippen molar-refractivity contribution < 1.29 is 33.2 Å². The molecule has 0 heterocycles. The van der Waals surface area contributed by atoms with Gasteiger partial charge in [-0.2, -0.15) is 0 Å².